The van der Waals surface area contributed by atoms with Crippen LogP contribution in [-0.4, -0.2) is 17.1 Å². The first-order valence-corrected chi connectivity index (χ1v) is 11.2. The van der Waals surface area contributed by atoms with E-state index in [2.05, 4.69) is 32.0 Å². The Balaban J connectivity index is 1.43. The van der Waals surface area contributed by atoms with Crippen molar-refractivity contribution in [3.8, 4) is 12.5 Å². The first kappa shape index (κ1) is 24.2. The van der Waals surface area contributed by atoms with E-state index in [9.17, 15) is 9.18 Å². The van der Waals surface area contributed by atoms with Crippen LogP contribution in [0.3, 0.4) is 0 Å². The van der Waals surface area contributed by atoms with Gasteiger partial charge in [0.1, 0.15) is 5.82 Å². The van der Waals surface area contributed by atoms with Gasteiger partial charge in [0.05, 0.1) is 5.52 Å². The van der Waals surface area contributed by atoms with Crippen molar-refractivity contribution in [2.45, 2.75) is 13.8 Å². The molecule has 4 aromatic rings. The minimum atomic E-state index is -0.328. The van der Waals surface area contributed by atoms with E-state index in [0.717, 1.165) is 28.3 Å². The van der Waals surface area contributed by atoms with Gasteiger partial charge in [-0.2, -0.15) is 0 Å². The van der Waals surface area contributed by atoms with Crippen LogP contribution in [0.2, 0.25) is 0 Å². The smallest absolute Gasteiger partial charge is 0.255 e. The largest absolute Gasteiger partial charge is 0.359 e. The lowest BCUT2D eigenvalue weighted by molar-refractivity contribution is 0.102. The summed E-state index contributed by atoms with van der Waals surface area (Å²) in [6.07, 6.45) is 10.1. The first-order valence-electron chi connectivity index (χ1n) is 11.2. The zero-order valence-electron chi connectivity index (χ0n) is 19.8. The fourth-order valence-electron chi connectivity index (χ4n) is 3.63. The molecule has 1 amide bonds. The molecule has 0 bridgehead atoms. The van der Waals surface area contributed by atoms with Gasteiger partial charge in [-0.15, -0.1) is 0 Å². The van der Waals surface area contributed by atoms with Crippen LogP contribution in [0.5, 0.6) is 0 Å². The number of fused-ring (bicyclic) bond motifs is 1. The van der Waals surface area contributed by atoms with Crippen molar-refractivity contribution < 1.29 is 9.18 Å². The van der Waals surface area contributed by atoms with Crippen LogP contribution in [-0.2, 0) is 0 Å². The maximum Gasteiger partial charge on any atom is 0.255 e. The number of carbonyl (C=O) groups excluding carboxylic acids is 1. The summed E-state index contributed by atoms with van der Waals surface area (Å²) in [5, 5.41) is 10.2. The summed E-state index contributed by atoms with van der Waals surface area (Å²) in [5.74, 6) is -0.547. The van der Waals surface area contributed by atoms with E-state index < -0.39 is 0 Å². The lowest BCUT2D eigenvalue weighted by Crippen LogP contribution is -2.13. The highest BCUT2D eigenvalue weighted by Crippen LogP contribution is 2.26. The molecule has 0 spiro atoms. The number of anilines is 4. The predicted molar refractivity (Wildman–Crippen MR) is 145 cm³/mol. The zero-order valence-corrected chi connectivity index (χ0v) is 19.8. The number of hydrogen-bond donors (Lipinski definition) is 3. The molecule has 1 heterocycles. The molecule has 36 heavy (non-hydrogen) atoms. The molecule has 3 aromatic carbocycles. The molecule has 1 aromatic heterocycles. The van der Waals surface area contributed by atoms with Gasteiger partial charge in [0.15, 0.2) is 0 Å². The fourth-order valence-corrected chi connectivity index (χ4v) is 3.63. The summed E-state index contributed by atoms with van der Waals surface area (Å²) in [6, 6.07) is 21.2. The normalized spacial score (nSPS) is 11.3. The van der Waals surface area contributed by atoms with Crippen molar-refractivity contribution in [1.82, 2.24) is 4.98 Å². The number of carbonyl (C=O) groups is 1. The van der Waals surface area contributed by atoms with Crippen LogP contribution in [0.15, 0.2) is 89.7 Å². The first-order chi connectivity index (χ1) is 17.4. The maximum atomic E-state index is 13.7. The summed E-state index contributed by atoms with van der Waals surface area (Å²) in [4.78, 5) is 20.8. The molecule has 6 nitrogen and oxygen atoms in total. The van der Waals surface area contributed by atoms with Crippen molar-refractivity contribution in [3.63, 3.8) is 0 Å². The van der Waals surface area contributed by atoms with Crippen molar-refractivity contribution >= 4 is 45.8 Å². The van der Waals surface area contributed by atoms with Gasteiger partial charge in [-0.05, 0) is 92.2 Å². The van der Waals surface area contributed by atoms with Gasteiger partial charge < -0.3 is 16.0 Å². The van der Waals surface area contributed by atoms with Crippen molar-refractivity contribution in [1.29, 1.82) is 0 Å². The summed E-state index contributed by atoms with van der Waals surface area (Å²) in [6.45, 7) is 3.83. The number of nitrogens with zero attached hydrogens (tertiary/aromatic N) is 2. The second-order valence-corrected chi connectivity index (χ2v) is 8.09. The van der Waals surface area contributed by atoms with Gasteiger partial charge in [0.25, 0.3) is 5.91 Å². The Morgan fingerprint density at radius 2 is 1.78 bits per heavy atom. The number of amides is 1. The number of halogens is 1. The van der Waals surface area contributed by atoms with E-state index in [4.69, 9.17) is 6.42 Å². The molecule has 0 fully saturated rings. The molecule has 0 saturated carbocycles. The Bertz CT molecular complexity index is 1520. The molecule has 7 heteroatoms. The van der Waals surface area contributed by atoms with E-state index in [1.54, 1.807) is 54.9 Å². The van der Waals surface area contributed by atoms with Gasteiger partial charge in [-0.25, -0.2) is 9.38 Å². The summed E-state index contributed by atoms with van der Waals surface area (Å²) in [5.41, 5.74) is 6.09. The van der Waals surface area contributed by atoms with E-state index in [-0.39, 0.29) is 11.7 Å². The van der Waals surface area contributed by atoms with Gasteiger partial charge >= 0.3 is 0 Å². The van der Waals surface area contributed by atoms with Crippen LogP contribution >= 0.6 is 0 Å². The van der Waals surface area contributed by atoms with Crippen molar-refractivity contribution in [3.05, 3.63) is 102 Å². The van der Waals surface area contributed by atoms with Crippen molar-refractivity contribution in [2.24, 2.45) is 4.99 Å². The quantitative estimate of drug-likeness (QED) is 0.206. The molecule has 0 unspecified atom stereocenters. The predicted octanol–water partition coefficient (Wildman–Crippen LogP) is 6.66. The van der Waals surface area contributed by atoms with Gasteiger partial charge in [0.2, 0.25) is 0 Å². The second-order valence-electron chi connectivity index (χ2n) is 8.09. The Morgan fingerprint density at radius 1 is 1.00 bits per heavy atom. The summed E-state index contributed by atoms with van der Waals surface area (Å²) < 4.78 is 13.7. The number of aliphatic imine (C=N–C) groups is 1. The maximum absolute atomic E-state index is 13.7. The molecular weight excluding hydrogens is 453 g/mol. The third-order valence-electron chi connectivity index (χ3n) is 5.42. The Hall–Kier alpha value is -4.96. The molecule has 0 aliphatic carbocycles. The second kappa shape index (κ2) is 11.0. The number of nitrogens with one attached hydrogen (secondary N) is 3. The van der Waals surface area contributed by atoms with Crippen LogP contribution in [0, 0.1) is 25.2 Å². The van der Waals surface area contributed by atoms with Gasteiger partial charge in [-0.1, -0.05) is 6.42 Å². The summed E-state index contributed by atoms with van der Waals surface area (Å²) >= 11 is 0. The Kier molecular flexibility index (Phi) is 7.37. The highest BCUT2D eigenvalue weighted by atomic mass is 19.1. The number of benzene rings is 3. The monoisotopic (exact) mass is 477 g/mol. The number of aromatic nitrogens is 1. The molecule has 3 N–H and O–H groups in total. The SMILES string of the molecule is C#CN=C/C=C(\C)Nc1ccc(NC(=O)c2ccc(Nc3ccnc4ccc(F)cc34)cc2)c(C)c1. The number of terminal acetylenes is 1. The molecule has 178 valence electrons. The molecule has 4 rings (SSSR count). The highest BCUT2D eigenvalue weighted by Gasteiger charge is 2.10. The van der Waals surface area contributed by atoms with Crippen molar-refractivity contribution in [2.75, 3.05) is 16.0 Å². The standard InChI is InChI=1S/C29H24FN5O/c1-4-31-15-13-20(3)33-24-10-12-26(19(2)17-24)35-29(36)21-5-8-23(9-6-21)34-28-14-16-32-27-11-7-22(30)18-25(27)28/h1,5-18,33H,2-3H3,(H,32,34)(H,35,36)/b20-13+,31-15?. The third-order valence-corrected chi connectivity index (χ3v) is 5.42. The van der Waals surface area contributed by atoms with Crippen LogP contribution in [0.25, 0.3) is 10.9 Å². The number of pyridine rings is 1. The Morgan fingerprint density at radius 3 is 2.53 bits per heavy atom. The van der Waals surface area contributed by atoms with Gasteiger partial charge in [-0.3, -0.25) is 9.78 Å². The lowest BCUT2D eigenvalue weighted by atomic mass is 10.1. The number of hydrogen-bond acceptors (Lipinski definition) is 5. The molecule has 0 atom stereocenters. The molecule has 0 aliphatic rings. The average Bonchev–Trinajstić information content (AvgIpc) is 2.86. The van der Waals surface area contributed by atoms with E-state index in [0.29, 0.717) is 22.2 Å². The van der Waals surface area contributed by atoms with E-state index in [1.807, 2.05) is 32.0 Å². The minimum Gasteiger partial charge on any atom is -0.359 e. The lowest BCUT2D eigenvalue weighted by Gasteiger charge is -2.13. The molecule has 0 aliphatic heterocycles. The fraction of sp³-hybridized carbons (Fsp3) is 0.0690. The van der Waals surface area contributed by atoms with E-state index >= 15 is 0 Å². The molecule has 0 radical (unpaired) electrons. The zero-order chi connectivity index (χ0) is 25.5. The van der Waals surface area contributed by atoms with Crippen LogP contribution in [0.1, 0.15) is 22.8 Å². The Labute approximate surface area is 209 Å². The molecule has 0 saturated heterocycles. The minimum absolute atomic E-state index is 0.219. The molecular formula is C29H24FN5O. The average molecular weight is 478 g/mol. The topological polar surface area (TPSA) is 78.4 Å². The summed E-state index contributed by atoms with van der Waals surface area (Å²) in [7, 11) is 0. The van der Waals surface area contributed by atoms with Crippen LogP contribution in [0.4, 0.5) is 27.1 Å². The highest BCUT2D eigenvalue weighted by molar-refractivity contribution is 6.05. The number of aryl methyl sites for hydroxylation is 1. The number of allylic oxidation sites excluding steroid dienone is 2. The third kappa shape index (κ3) is 5.93. The van der Waals surface area contributed by atoms with Gasteiger partial charge in [0, 0.05) is 57.9 Å². The van der Waals surface area contributed by atoms with Crippen LogP contribution < -0.4 is 16.0 Å². The van der Waals surface area contributed by atoms with E-state index in [1.165, 1.54) is 12.1 Å². The number of rotatable bonds is 7.